The van der Waals surface area contributed by atoms with E-state index in [1.807, 2.05) is 45.0 Å². The molecule has 0 N–H and O–H groups in total. The number of nitrogens with zero attached hydrogens (tertiary/aromatic N) is 2. The quantitative estimate of drug-likeness (QED) is 0.459. The molecule has 3 nitrogen and oxygen atoms in total. The summed E-state index contributed by atoms with van der Waals surface area (Å²) in [5, 5.41) is 0. The molecule has 0 amide bonds. The SMILES string of the molecule is Cc1cc(C(=O)CC2CCCC2)c(C)cc1/N=C/N(C)C. The summed E-state index contributed by atoms with van der Waals surface area (Å²) in [6.45, 7) is 4.03. The van der Waals surface area contributed by atoms with E-state index >= 15 is 0 Å². The minimum Gasteiger partial charge on any atom is -0.369 e. The van der Waals surface area contributed by atoms with Crippen molar-refractivity contribution in [3.63, 3.8) is 0 Å². The number of benzene rings is 1. The molecule has 1 saturated carbocycles. The summed E-state index contributed by atoms with van der Waals surface area (Å²) in [6.07, 6.45) is 7.51. The van der Waals surface area contributed by atoms with Crippen LogP contribution in [0.1, 0.15) is 53.6 Å². The van der Waals surface area contributed by atoms with Crippen LogP contribution in [-0.2, 0) is 0 Å². The fraction of sp³-hybridized carbons (Fsp3) is 0.556. The number of ketones is 1. The first kappa shape index (κ1) is 15.7. The highest BCUT2D eigenvalue weighted by molar-refractivity contribution is 5.98. The number of hydrogen-bond acceptors (Lipinski definition) is 2. The summed E-state index contributed by atoms with van der Waals surface area (Å²) < 4.78 is 0. The van der Waals surface area contributed by atoms with Gasteiger partial charge in [0.15, 0.2) is 5.78 Å². The highest BCUT2D eigenvalue weighted by Crippen LogP contribution is 2.30. The summed E-state index contributed by atoms with van der Waals surface area (Å²) in [5.74, 6) is 0.897. The maximum Gasteiger partial charge on any atom is 0.163 e. The summed E-state index contributed by atoms with van der Waals surface area (Å²) >= 11 is 0. The number of carbonyl (C=O) groups is 1. The van der Waals surface area contributed by atoms with E-state index < -0.39 is 0 Å². The number of hydrogen-bond donors (Lipinski definition) is 0. The van der Waals surface area contributed by atoms with E-state index in [4.69, 9.17) is 0 Å². The highest BCUT2D eigenvalue weighted by Gasteiger charge is 2.20. The zero-order valence-corrected chi connectivity index (χ0v) is 13.6. The molecule has 2 rings (SSSR count). The van der Waals surface area contributed by atoms with Crippen LogP contribution in [-0.4, -0.2) is 31.1 Å². The Labute approximate surface area is 128 Å². The maximum atomic E-state index is 12.5. The molecule has 114 valence electrons. The van der Waals surface area contributed by atoms with Gasteiger partial charge < -0.3 is 4.90 Å². The lowest BCUT2D eigenvalue weighted by molar-refractivity contribution is 0.0961. The van der Waals surface area contributed by atoms with Crippen LogP contribution in [0.15, 0.2) is 17.1 Å². The molecular weight excluding hydrogens is 260 g/mol. The number of carbonyl (C=O) groups excluding carboxylic acids is 1. The molecular formula is C18H26N2O. The van der Waals surface area contributed by atoms with Gasteiger partial charge in [-0.2, -0.15) is 0 Å². The first-order valence-electron chi connectivity index (χ1n) is 7.82. The van der Waals surface area contributed by atoms with Crippen LogP contribution in [0.2, 0.25) is 0 Å². The third kappa shape index (κ3) is 4.16. The monoisotopic (exact) mass is 286 g/mol. The summed E-state index contributed by atoms with van der Waals surface area (Å²) in [5.41, 5.74) is 3.92. The van der Waals surface area contributed by atoms with Gasteiger partial charge in [0.2, 0.25) is 0 Å². The van der Waals surface area contributed by atoms with Gasteiger partial charge in [0.05, 0.1) is 12.0 Å². The van der Waals surface area contributed by atoms with Crippen molar-refractivity contribution in [3.8, 4) is 0 Å². The Morgan fingerprint density at radius 1 is 1.24 bits per heavy atom. The van der Waals surface area contributed by atoms with Crippen LogP contribution in [0.4, 0.5) is 5.69 Å². The van der Waals surface area contributed by atoms with Crippen molar-refractivity contribution >= 4 is 17.8 Å². The standard InChI is InChI=1S/C18H26N2O/c1-13-10-17(19-12-20(3)4)14(2)9-16(13)18(21)11-15-7-5-6-8-15/h9-10,12,15H,5-8,11H2,1-4H3/b19-12+. The molecule has 0 heterocycles. The molecule has 3 heteroatoms. The number of aliphatic imine (C=N–C) groups is 1. The van der Waals surface area contributed by atoms with Crippen LogP contribution < -0.4 is 0 Å². The number of Topliss-reactive ketones (excluding diaryl/α,β-unsaturated/α-hetero) is 1. The molecule has 1 aromatic rings. The van der Waals surface area contributed by atoms with E-state index in [-0.39, 0.29) is 0 Å². The molecule has 0 atom stereocenters. The van der Waals surface area contributed by atoms with Gasteiger partial charge in [-0.1, -0.05) is 25.7 Å². The normalized spacial score (nSPS) is 15.8. The Hall–Kier alpha value is -1.64. The van der Waals surface area contributed by atoms with Crippen molar-refractivity contribution < 1.29 is 4.79 Å². The lowest BCUT2D eigenvalue weighted by Gasteiger charge is -2.12. The average molecular weight is 286 g/mol. The van der Waals surface area contributed by atoms with E-state index in [0.29, 0.717) is 18.1 Å². The molecule has 0 unspecified atom stereocenters. The fourth-order valence-electron chi connectivity index (χ4n) is 3.00. The van der Waals surface area contributed by atoms with Gasteiger partial charge >= 0.3 is 0 Å². The minimum absolute atomic E-state index is 0.297. The van der Waals surface area contributed by atoms with Gasteiger partial charge in [-0.25, -0.2) is 4.99 Å². The van der Waals surface area contributed by atoms with E-state index in [2.05, 4.69) is 4.99 Å². The molecule has 1 aromatic carbocycles. The van der Waals surface area contributed by atoms with Gasteiger partial charge in [-0.05, 0) is 43.0 Å². The fourth-order valence-corrected chi connectivity index (χ4v) is 3.00. The average Bonchev–Trinajstić information content (AvgIpc) is 2.91. The second-order valence-corrected chi connectivity index (χ2v) is 6.44. The van der Waals surface area contributed by atoms with E-state index in [0.717, 1.165) is 22.4 Å². The first-order valence-corrected chi connectivity index (χ1v) is 7.82. The van der Waals surface area contributed by atoms with Crippen LogP contribution >= 0.6 is 0 Å². The second-order valence-electron chi connectivity index (χ2n) is 6.44. The first-order chi connectivity index (χ1) is 9.97. The molecule has 0 radical (unpaired) electrons. The number of rotatable bonds is 5. The summed E-state index contributed by atoms with van der Waals surface area (Å²) in [4.78, 5) is 18.9. The van der Waals surface area contributed by atoms with Gasteiger partial charge in [0, 0.05) is 26.1 Å². The molecule has 1 fully saturated rings. The molecule has 1 aliphatic rings. The van der Waals surface area contributed by atoms with Crippen LogP contribution in [0.25, 0.3) is 0 Å². The number of aryl methyl sites for hydroxylation is 2. The Bertz CT molecular complexity index is 540. The maximum absolute atomic E-state index is 12.5. The predicted octanol–water partition coefficient (Wildman–Crippen LogP) is 4.29. The molecule has 1 aliphatic carbocycles. The Morgan fingerprint density at radius 3 is 2.52 bits per heavy atom. The Kier molecular flexibility index (Phi) is 5.16. The van der Waals surface area contributed by atoms with Gasteiger partial charge in [0.1, 0.15) is 0 Å². The van der Waals surface area contributed by atoms with Crippen LogP contribution in [0.5, 0.6) is 0 Å². The van der Waals surface area contributed by atoms with Crippen molar-refractivity contribution in [1.82, 2.24) is 4.90 Å². The molecule has 0 saturated heterocycles. The predicted molar refractivity (Wildman–Crippen MR) is 88.7 cm³/mol. The van der Waals surface area contributed by atoms with Gasteiger partial charge in [-0.15, -0.1) is 0 Å². The molecule has 0 spiro atoms. The summed E-state index contributed by atoms with van der Waals surface area (Å²) in [7, 11) is 3.90. The van der Waals surface area contributed by atoms with E-state index in [1.165, 1.54) is 25.7 Å². The van der Waals surface area contributed by atoms with Gasteiger partial charge in [-0.3, -0.25) is 4.79 Å². The van der Waals surface area contributed by atoms with Crippen molar-refractivity contribution in [2.45, 2.75) is 46.0 Å². The smallest absolute Gasteiger partial charge is 0.163 e. The van der Waals surface area contributed by atoms with Crippen molar-refractivity contribution in [2.75, 3.05) is 14.1 Å². The van der Waals surface area contributed by atoms with Crippen LogP contribution in [0, 0.1) is 19.8 Å². The van der Waals surface area contributed by atoms with Crippen molar-refractivity contribution in [1.29, 1.82) is 0 Å². The third-order valence-corrected chi connectivity index (χ3v) is 4.22. The van der Waals surface area contributed by atoms with Crippen LogP contribution in [0.3, 0.4) is 0 Å². The highest BCUT2D eigenvalue weighted by atomic mass is 16.1. The third-order valence-electron chi connectivity index (χ3n) is 4.22. The minimum atomic E-state index is 0.297. The lowest BCUT2D eigenvalue weighted by Crippen LogP contribution is -2.09. The van der Waals surface area contributed by atoms with E-state index in [1.54, 1.807) is 6.34 Å². The zero-order chi connectivity index (χ0) is 15.4. The lowest BCUT2D eigenvalue weighted by atomic mass is 9.93. The zero-order valence-electron chi connectivity index (χ0n) is 13.6. The molecule has 0 bridgehead atoms. The Morgan fingerprint density at radius 2 is 1.90 bits per heavy atom. The molecule has 0 aromatic heterocycles. The topological polar surface area (TPSA) is 32.7 Å². The molecule has 0 aliphatic heterocycles. The van der Waals surface area contributed by atoms with Crippen molar-refractivity contribution in [2.24, 2.45) is 10.9 Å². The van der Waals surface area contributed by atoms with E-state index in [9.17, 15) is 4.79 Å². The van der Waals surface area contributed by atoms with Crippen molar-refractivity contribution in [3.05, 3.63) is 28.8 Å². The molecule has 21 heavy (non-hydrogen) atoms. The largest absolute Gasteiger partial charge is 0.369 e. The van der Waals surface area contributed by atoms with Gasteiger partial charge in [0.25, 0.3) is 0 Å². The summed E-state index contributed by atoms with van der Waals surface area (Å²) in [6, 6.07) is 4.03. The second kappa shape index (κ2) is 6.88. The Balaban J connectivity index is 2.16.